The molecule has 0 amide bonds. The van der Waals surface area contributed by atoms with Gasteiger partial charge < -0.3 is 5.11 Å². The summed E-state index contributed by atoms with van der Waals surface area (Å²) in [6, 6.07) is 6.31. The number of aliphatic hydroxyl groups is 1. The average molecular weight is 363 g/mol. The maximum absolute atomic E-state index is 9.84. The highest BCUT2D eigenvalue weighted by atomic mass is 16.3. The fraction of sp³-hybridized carbons (Fsp3) is 0.783. The van der Waals surface area contributed by atoms with E-state index in [1.54, 1.807) is 0 Å². The summed E-state index contributed by atoms with van der Waals surface area (Å²) in [5.74, 6) is 0.451. The van der Waals surface area contributed by atoms with Gasteiger partial charge in [0, 0.05) is 18.8 Å². The van der Waals surface area contributed by atoms with E-state index < -0.39 is 0 Å². The van der Waals surface area contributed by atoms with Crippen molar-refractivity contribution in [1.82, 2.24) is 9.88 Å². The molecule has 1 N–H and O–H groups in total. The Morgan fingerprint density at radius 2 is 1.54 bits per heavy atom. The minimum atomic E-state index is 0.218. The molecule has 1 aromatic rings. The summed E-state index contributed by atoms with van der Waals surface area (Å²) < 4.78 is 0. The molecule has 150 valence electrons. The Morgan fingerprint density at radius 1 is 0.923 bits per heavy atom. The van der Waals surface area contributed by atoms with Gasteiger partial charge in [-0.05, 0) is 31.0 Å². The van der Waals surface area contributed by atoms with Crippen LogP contribution in [-0.2, 0) is 6.54 Å². The van der Waals surface area contributed by atoms with Crippen molar-refractivity contribution in [1.29, 1.82) is 0 Å². The monoisotopic (exact) mass is 362 g/mol. The molecule has 0 aromatic carbocycles. The van der Waals surface area contributed by atoms with Crippen LogP contribution in [-0.4, -0.2) is 34.2 Å². The summed E-state index contributed by atoms with van der Waals surface area (Å²) in [7, 11) is 0. The minimum absolute atomic E-state index is 0.218. The van der Waals surface area contributed by atoms with Crippen molar-refractivity contribution in [3.8, 4) is 0 Å². The first kappa shape index (κ1) is 23.1. The van der Waals surface area contributed by atoms with E-state index in [1.807, 2.05) is 18.3 Å². The molecule has 0 saturated carbocycles. The van der Waals surface area contributed by atoms with Crippen molar-refractivity contribution < 1.29 is 5.11 Å². The highest BCUT2D eigenvalue weighted by molar-refractivity contribution is 5.03. The van der Waals surface area contributed by atoms with Gasteiger partial charge in [0.15, 0.2) is 0 Å². The van der Waals surface area contributed by atoms with E-state index >= 15 is 0 Å². The van der Waals surface area contributed by atoms with Gasteiger partial charge in [0.2, 0.25) is 0 Å². The van der Waals surface area contributed by atoms with E-state index in [0.29, 0.717) is 5.92 Å². The molecule has 1 atom stereocenters. The van der Waals surface area contributed by atoms with Gasteiger partial charge in [-0.25, -0.2) is 0 Å². The molecule has 0 saturated heterocycles. The molecule has 0 aliphatic carbocycles. The molecule has 3 heteroatoms. The summed E-state index contributed by atoms with van der Waals surface area (Å²) in [5, 5.41) is 9.84. The molecular formula is C23H42N2O. The zero-order valence-electron chi connectivity index (χ0n) is 17.5. The van der Waals surface area contributed by atoms with Crippen LogP contribution in [0.4, 0.5) is 0 Å². The smallest absolute Gasteiger partial charge is 0.0589 e. The van der Waals surface area contributed by atoms with Crippen molar-refractivity contribution in [2.45, 2.75) is 97.6 Å². The predicted molar refractivity (Wildman–Crippen MR) is 112 cm³/mol. The molecule has 26 heavy (non-hydrogen) atoms. The van der Waals surface area contributed by atoms with Crippen LogP contribution in [0.3, 0.4) is 0 Å². The van der Waals surface area contributed by atoms with Gasteiger partial charge in [0.1, 0.15) is 0 Å². The van der Waals surface area contributed by atoms with Gasteiger partial charge in [-0.1, -0.05) is 84.6 Å². The molecule has 0 unspecified atom stereocenters. The first-order valence-corrected chi connectivity index (χ1v) is 10.9. The summed E-state index contributed by atoms with van der Waals surface area (Å²) >= 11 is 0. The average Bonchev–Trinajstić information content (AvgIpc) is 2.64. The third-order valence-electron chi connectivity index (χ3n) is 5.32. The van der Waals surface area contributed by atoms with E-state index in [0.717, 1.165) is 18.8 Å². The molecule has 3 nitrogen and oxygen atoms in total. The van der Waals surface area contributed by atoms with Crippen molar-refractivity contribution >= 4 is 0 Å². The number of hydrogen-bond donors (Lipinski definition) is 1. The molecule has 1 heterocycles. The molecule has 0 bridgehead atoms. The largest absolute Gasteiger partial charge is 0.395 e. The van der Waals surface area contributed by atoms with Crippen LogP contribution in [0.1, 0.15) is 90.7 Å². The molecule has 0 radical (unpaired) electrons. The Hall–Kier alpha value is -0.930. The lowest BCUT2D eigenvalue weighted by Gasteiger charge is -2.33. The lowest BCUT2D eigenvalue weighted by molar-refractivity contribution is 0.0819. The van der Waals surface area contributed by atoms with Crippen molar-refractivity contribution in [2.24, 2.45) is 5.92 Å². The number of aliphatic hydroxyl groups excluding tert-OH is 1. The fourth-order valence-corrected chi connectivity index (χ4v) is 3.61. The standard InChI is InChI=1S/C23H42N2O/c1-4-5-6-7-8-9-10-11-12-15-18-25(23(20-26)21(2)3)19-22-16-13-14-17-24-22/h13-14,16-17,21,23,26H,4-12,15,18-20H2,1-3H3/t23-/m1/s1. The van der Waals surface area contributed by atoms with Crippen LogP contribution >= 0.6 is 0 Å². The molecular weight excluding hydrogens is 320 g/mol. The maximum Gasteiger partial charge on any atom is 0.0589 e. The fourth-order valence-electron chi connectivity index (χ4n) is 3.61. The number of unbranched alkanes of at least 4 members (excludes halogenated alkanes) is 9. The first-order valence-electron chi connectivity index (χ1n) is 10.9. The summed E-state index contributed by atoms with van der Waals surface area (Å²) in [4.78, 5) is 6.90. The van der Waals surface area contributed by atoms with E-state index in [-0.39, 0.29) is 12.6 Å². The molecule has 0 aliphatic heterocycles. The van der Waals surface area contributed by atoms with E-state index in [4.69, 9.17) is 0 Å². The number of rotatable bonds is 16. The summed E-state index contributed by atoms with van der Waals surface area (Å²) in [5.41, 5.74) is 1.10. The van der Waals surface area contributed by atoms with Gasteiger partial charge >= 0.3 is 0 Å². The van der Waals surface area contributed by atoms with Gasteiger partial charge in [0.05, 0.1) is 12.3 Å². The van der Waals surface area contributed by atoms with Crippen molar-refractivity contribution in [3.63, 3.8) is 0 Å². The first-order chi connectivity index (χ1) is 12.7. The zero-order valence-corrected chi connectivity index (χ0v) is 17.5. The van der Waals surface area contributed by atoms with Crippen LogP contribution in [0.2, 0.25) is 0 Å². The molecule has 0 fully saturated rings. The maximum atomic E-state index is 9.84. The number of hydrogen-bond acceptors (Lipinski definition) is 3. The van der Waals surface area contributed by atoms with Gasteiger partial charge in [-0.3, -0.25) is 9.88 Å². The number of nitrogens with zero attached hydrogens (tertiary/aromatic N) is 2. The van der Waals surface area contributed by atoms with Crippen LogP contribution in [0.5, 0.6) is 0 Å². The Morgan fingerprint density at radius 3 is 2.04 bits per heavy atom. The molecule has 1 rings (SSSR count). The third kappa shape index (κ3) is 10.3. The Kier molecular flexibility index (Phi) is 13.5. The Bertz CT molecular complexity index is 421. The SMILES string of the molecule is CCCCCCCCCCCCN(Cc1ccccn1)[C@H](CO)C(C)C. The second-order valence-electron chi connectivity index (χ2n) is 7.97. The highest BCUT2D eigenvalue weighted by Crippen LogP contribution is 2.16. The predicted octanol–water partition coefficient (Wildman–Crippen LogP) is 5.82. The second-order valence-corrected chi connectivity index (χ2v) is 7.97. The normalized spacial score (nSPS) is 12.8. The zero-order chi connectivity index (χ0) is 19.0. The summed E-state index contributed by atoms with van der Waals surface area (Å²) in [6.07, 6.45) is 15.4. The summed E-state index contributed by atoms with van der Waals surface area (Å²) in [6.45, 7) is 8.79. The van der Waals surface area contributed by atoms with Gasteiger partial charge in [0.25, 0.3) is 0 Å². The lowest BCUT2D eigenvalue weighted by Crippen LogP contribution is -2.42. The molecule has 0 aliphatic rings. The number of pyridine rings is 1. The highest BCUT2D eigenvalue weighted by Gasteiger charge is 2.21. The number of aromatic nitrogens is 1. The quantitative estimate of drug-likeness (QED) is 0.376. The van der Waals surface area contributed by atoms with Crippen LogP contribution in [0.25, 0.3) is 0 Å². The minimum Gasteiger partial charge on any atom is -0.395 e. The van der Waals surface area contributed by atoms with Crippen LogP contribution < -0.4 is 0 Å². The Labute approximate surface area is 162 Å². The molecule has 1 aromatic heterocycles. The van der Waals surface area contributed by atoms with Crippen LogP contribution in [0.15, 0.2) is 24.4 Å². The second kappa shape index (κ2) is 15.2. The van der Waals surface area contributed by atoms with Crippen molar-refractivity contribution in [3.05, 3.63) is 30.1 Å². The lowest BCUT2D eigenvalue weighted by atomic mass is 10.0. The topological polar surface area (TPSA) is 36.4 Å². The third-order valence-corrected chi connectivity index (χ3v) is 5.32. The van der Waals surface area contributed by atoms with E-state index in [2.05, 4.69) is 36.7 Å². The Balaban J connectivity index is 2.28. The molecule has 0 spiro atoms. The van der Waals surface area contributed by atoms with Gasteiger partial charge in [-0.2, -0.15) is 0 Å². The van der Waals surface area contributed by atoms with Gasteiger partial charge in [-0.15, -0.1) is 0 Å². The van der Waals surface area contributed by atoms with E-state index in [9.17, 15) is 5.11 Å². The van der Waals surface area contributed by atoms with Crippen molar-refractivity contribution in [2.75, 3.05) is 13.2 Å². The van der Waals surface area contributed by atoms with Crippen LogP contribution in [0, 0.1) is 5.92 Å². The van der Waals surface area contributed by atoms with E-state index in [1.165, 1.54) is 64.2 Å².